The van der Waals surface area contributed by atoms with Crippen LogP contribution in [0.1, 0.15) is 5.56 Å². The van der Waals surface area contributed by atoms with E-state index >= 15 is 0 Å². The number of aliphatic hydroxyl groups excluding tert-OH is 1. The van der Waals surface area contributed by atoms with Crippen LogP contribution in [-0.4, -0.2) is 26.5 Å². The van der Waals surface area contributed by atoms with Crippen LogP contribution in [0.2, 0.25) is 0 Å². The fourth-order valence-electron chi connectivity index (χ4n) is 1.29. The van der Waals surface area contributed by atoms with Crippen molar-refractivity contribution in [3.05, 3.63) is 42.5 Å². The van der Waals surface area contributed by atoms with Gasteiger partial charge in [0, 0.05) is 6.61 Å². The van der Waals surface area contributed by atoms with Crippen molar-refractivity contribution in [2.75, 3.05) is 6.61 Å². The lowest BCUT2D eigenvalue weighted by molar-refractivity contribution is 0.299. The second-order valence-corrected chi connectivity index (χ2v) is 2.98. The smallest absolute Gasteiger partial charge is 0.138 e. The van der Waals surface area contributed by atoms with Crippen molar-refractivity contribution in [1.82, 2.24) is 14.8 Å². The van der Waals surface area contributed by atoms with Gasteiger partial charge in [-0.05, 0) is 24.1 Å². The van der Waals surface area contributed by atoms with E-state index in [1.54, 1.807) is 11.0 Å². The van der Waals surface area contributed by atoms with Gasteiger partial charge in [0.15, 0.2) is 0 Å². The highest BCUT2D eigenvalue weighted by molar-refractivity contribution is 5.33. The van der Waals surface area contributed by atoms with Gasteiger partial charge >= 0.3 is 0 Å². The van der Waals surface area contributed by atoms with E-state index < -0.39 is 0 Å². The molecule has 0 amide bonds. The van der Waals surface area contributed by atoms with Crippen molar-refractivity contribution in [2.45, 2.75) is 6.42 Å². The molecule has 1 N–H and O–H groups in total. The third-order valence-corrected chi connectivity index (χ3v) is 2.02. The number of nitrogens with zero attached hydrogens (tertiary/aromatic N) is 3. The van der Waals surface area contributed by atoms with Crippen LogP contribution >= 0.6 is 0 Å². The third kappa shape index (κ3) is 1.80. The zero-order valence-electron chi connectivity index (χ0n) is 7.67. The van der Waals surface area contributed by atoms with Crippen LogP contribution in [-0.2, 0) is 6.42 Å². The predicted molar refractivity (Wildman–Crippen MR) is 52.1 cm³/mol. The topological polar surface area (TPSA) is 50.9 Å². The summed E-state index contributed by atoms with van der Waals surface area (Å²) in [4.78, 5) is 3.87. The highest BCUT2D eigenvalue weighted by Crippen LogP contribution is 2.07. The normalized spacial score (nSPS) is 10.4. The first-order chi connectivity index (χ1) is 6.90. The Morgan fingerprint density at radius 1 is 1.21 bits per heavy atom. The number of aliphatic hydroxyl groups is 1. The van der Waals surface area contributed by atoms with E-state index in [2.05, 4.69) is 10.1 Å². The Morgan fingerprint density at radius 3 is 2.57 bits per heavy atom. The molecule has 0 aliphatic carbocycles. The Kier molecular flexibility index (Phi) is 2.55. The Hall–Kier alpha value is -1.68. The number of benzene rings is 1. The van der Waals surface area contributed by atoms with Crippen LogP contribution < -0.4 is 0 Å². The van der Waals surface area contributed by atoms with Gasteiger partial charge in [0.25, 0.3) is 0 Å². The lowest BCUT2D eigenvalue weighted by Gasteiger charge is -2.01. The number of aromatic nitrogens is 3. The molecular formula is C10H11N3O. The summed E-state index contributed by atoms with van der Waals surface area (Å²) in [5.74, 6) is 0. The molecule has 0 saturated heterocycles. The molecule has 1 heterocycles. The zero-order valence-corrected chi connectivity index (χ0v) is 7.67. The molecule has 0 saturated carbocycles. The van der Waals surface area contributed by atoms with Crippen molar-refractivity contribution < 1.29 is 5.11 Å². The second-order valence-electron chi connectivity index (χ2n) is 2.98. The number of rotatable bonds is 3. The molecule has 0 aliphatic heterocycles. The predicted octanol–water partition coefficient (Wildman–Crippen LogP) is 0.802. The lowest BCUT2D eigenvalue weighted by atomic mass is 10.1. The maximum Gasteiger partial charge on any atom is 0.138 e. The van der Waals surface area contributed by atoms with E-state index in [9.17, 15) is 0 Å². The fourth-order valence-corrected chi connectivity index (χ4v) is 1.29. The Morgan fingerprint density at radius 2 is 2.00 bits per heavy atom. The highest BCUT2D eigenvalue weighted by atomic mass is 16.2. The van der Waals surface area contributed by atoms with Crippen LogP contribution in [0.25, 0.3) is 5.69 Å². The van der Waals surface area contributed by atoms with E-state index in [0.717, 1.165) is 11.3 Å². The van der Waals surface area contributed by atoms with Crippen molar-refractivity contribution >= 4 is 0 Å². The van der Waals surface area contributed by atoms with Gasteiger partial charge in [0.05, 0.1) is 5.69 Å². The summed E-state index contributed by atoms with van der Waals surface area (Å²) in [5.41, 5.74) is 2.10. The van der Waals surface area contributed by atoms with Crippen molar-refractivity contribution in [1.29, 1.82) is 0 Å². The summed E-state index contributed by atoms with van der Waals surface area (Å²) in [5, 5.41) is 12.8. The molecule has 0 bridgehead atoms. The Bertz CT molecular complexity index is 380. The van der Waals surface area contributed by atoms with Crippen LogP contribution in [0.4, 0.5) is 0 Å². The molecule has 72 valence electrons. The van der Waals surface area contributed by atoms with Crippen molar-refractivity contribution in [3.63, 3.8) is 0 Å². The minimum Gasteiger partial charge on any atom is -0.396 e. The van der Waals surface area contributed by atoms with Crippen molar-refractivity contribution in [3.8, 4) is 5.69 Å². The summed E-state index contributed by atoms with van der Waals surface area (Å²) in [6.45, 7) is 0.183. The fraction of sp³-hybridized carbons (Fsp3) is 0.200. The van der Waals surface area contributed by atoms with Crippen LogP contribution in [0, 0.1) is 0 Å². The van der Waals surface area contributed by atoms with Gasteiger partial charge in [-0.1, -0.05) is 12.1 Å². The van der Waals surface area contributed by atoms with Gasteiger partial charge in [0.2, 0.25) is 0 Å². The molecule has 0 radical (unpaired) electrons. The molecule has 0 fully saturated rings. The second kappa shape index (κ2) is 4.02. The molecule has 14 heavy (non-hydrogen) atoms. The van der Waals surface area contributed by atoms with Crippen molar-refractivity contribution in [2.24, 2.45) is 0 Å². The standard InChI is InChI=1S/C10H11N3O/c14-6-5-9-1-3-10(4-2-9)13-8-11-7-12-13/h1-4,7-8,14H,5-6H2. The number of hydrogen-bond acceptors (Lipinski definition) is 3. The quantitative estimate of drug-likeness (QED) is 0.777. The molecule has 0 atom stereocenters. The summed E-state index contributed by atoms with van der Waals surface area (Å²) < 4.78 is 1.70. The first-order valence-electron chi connectivity index (χ1n) is 4.45. The van der Waals surface area contributed by atoms with E-state index in [1.807, 2.05) is 24.3 Å². The molecule has 1 aromatic carbocycles. The van der Waals surface area contributed by atoms with E-state index in [1.165, 1.54) is 6.33 Å². The largest absolute Gasteiger partial charge is 0.396 e. The van der Waals surface area contributed by atoms with Gasteiger partial charge in [0.1, 0.15) is 12.7 Å². The lowest BCUT2D eigenvalue weighted by Crippen LogP contribution is -1.95. The number of hydrogen-bond donors (Lipinski definition) is 1. The van der Waals surface area contributed by atoms with E-state index in [4.69, 9.17) is 5.11 Å². The molecule has 0 aliphatic rings. The van der Waals surface area contributed by atoms with Gasteiger partial charge in [-0.3, -0.25) is 0 Å². The minimum atomic E-state index is 0.183. The van der Waals surface area contributed by atoms with Crippen LogP contribution in [0.3, 0.4) is 0 Å². The molecule has 1 aromatic heterocycles. The zero-order chi connectivity index (χ0) is 9.80. The van der Waals surface area contributed by atoms with Gasteiger partial charge < -0.3 is 5.11 Å². The molecular weight excluding hydrogens is 178 g/mol. The minimum absolute atomic E-state index is 0.183. The average Bonchev–Trinajstić information content (AvgIpc) is 2.72. The van der Waals surface area contributed by atoms with E-state index in [-0.39, 0.29) is 6.61 Å². The molecule has 0 unspecified atom stereocenters. The highest BCUT2D eigenvalue weighted by Gasteiger charge is 1.96. The summed E-state index contributed by atoms with van der Waals surface area (Å²) >= 11 is 0. The van der Waals surface area contributed by atoms with Gasteiger partial charge in [-0.2, -0.15) is 5.10 Å². The van der Waals surface area contributed by atoms with Gasteiger partial charge in [-0.15, -0.1) is 0 Å². The van der Waals surface area contributed by atoms with Gasteiger partial charge in [-0.25, -0.2) is 9.67 Å². The third-order valence-electron chi connectivity index (χ3n) is 2.02. The maximum absolute atomic E-state index is 8.75. The molecule has 0 spiro atoms. The van der Waals surface area contributed by atoms with Crippen LogP contribution in [0.15, 0.2) is 36.9 Å². The SMILES string of the molecule is OCCc1ccc(-n2cncn2)cc1. The molecule has 2 rings (SSSR count). The summed E-state index contributed by atoms with van der Waals surface area (Å²) in [7, 11) is 0. The molecule has 4 heteroatoms. The maximum atomic E-state index is 8.75. The summed E-state index contributed by atoms with van der Waals surface area (Å²) in [6.07, 6.45) is 3.85. The first-order valence-corrected chi connectivity index (χ1v) is 4.45. The van der Waals surface area contributed by atoms with Crippen LogP contribution in [0.5, 0.6) is 0 Å². The Balaban J connectivity index is 2.22. The first kappa shape index (κ1) is 8.90. The van der Waals surface area contributed by atoms with E-state index in [0.29, 0.717) is 6.42 Å². The average molecular weight is 189 g/mol. The molecule has 2 aromatic rings. The Labute approximate surface area is 81.8 Å². The monoisotopic (exact) mass is 189 g/mol. The molecule has 4 nitrogen and oxygen atoms in total. The summed E-state index contributed by atoms with van der Waals surface area (Å²) in [6, 6.07) is 7.87.